The SMILES string of the molecule is [N-]=[N+]=Nc1cccc2c1[nH]c1ccc(Br)cc12. The zero-order chi connectivity index (χ0) is 11.8. The highest BCUT2D eigenvalue weighted by molar-refractivity contribution is 9.10. The van der Waals surface area contributed by atoms with Crippen molar-refractivity contribution in [2.75, 3.05) is 0 Å². The highest BCUT2D eigenvalue weighted by Gasteiger charge is 2.06. The average molecular weight is 287 g/mol. The van der Waals surface area contributed by atoms with E-state index in [1.165, 1.54) is 0 Å². The van der Waals surface area contributed by atoms with Gasteiger partial charge in [-0.2, -0.15) is 0 Å². The second kappa shape index (κ2) is 3.80. The van der Waals surface area contributed by atoms with Crippen LogP contribution < -0.4 is 0 Å². The predicted octanol–water partition coefficient (Wildman–Crippen LogP) is 5.03. The summed E-state index contributed by atoms with van der Waals surface area (Å²) in [6.07, 6.45) is 0. The second-order valence-electron chi connectivity index (χ2n) is 3.70. The molecule has 5 heteroatoms. The molecule has 82 valence electrons. The summed E-state index contributed by atoms with van der Waals surface area (Å²) in [4.78, 5) is 6.11. The first kappa shape index (κ1) is 10.2. The molecule has 0 radical (unpaired) electrons. The minimum absolute atomic E-state index is 0.623. The normalized spacial score (nSPS) is 10.6. The molecule has 0 aliphatic heterocycles. The molecule has 2 aromatic carbocycles. The van der Waals surface area contributed by atoms with Gasteiger partial charge >= 0.3 is 0 Å². The first-order chi connectivity index (χ1) is 8.29. The van der Waals surface area contributed by atoms with Gasteiger partial charge in [0.05, 0.1) is 11.2 Å². The number of fused-ring (bicyclic) bond motifs is 3. The molecule has 1 heterocycles. The summed E-state index contributed by atoms with van der Waals surface area (Å²) in [5.74, 6) is 0. The van der Waals surface area contributed by atoms with Gasteiger partial charge in [0.15, 0.2) is 0 Å². The van der Waals surface area contributed by atoms with Crippen molar-refractivity contribution in [3.05, 3.63) is 51.3 Å². The molecule has 0 aliphatic carbocycles. The summed E-state index contributed by atoms with van der Waals surface area (Å²) in [5, 5.41) is 5.87. The van der Waals surface area contributed by atoms with Gasteiger partial charge in [-0.1, -0.05) is 39.2 Å². The number of halogens is 1. The molecule has 0 amide bonds. The lowest BCUT2D eigenvalue weighted by atomic mass is 10.1. The number of H-pyrrole nitrogens is 1. The maximum atomic E-state index is 8.54. The number of benzene rings is 2. The Bertz CT molecular complexity index is 769. The van der Waals surface area contributed by atoms with Crippen LogP contribution in [0.25, 0.3) is 32.2 Å². The smallest absolute Gasteiger partial charge is 0.0616 e. The van der Waals surface area contributed by atoms with Gasteiger partial charge in [0.1, 0.15) is 0 Å². The Morgan fingerprint density at radius 3 is 2.88 bits per heavy atom. The third kappa shape index (κ3) is 1.56. The molecular formula is C12H7BrN4. The van der Waals surface area contributed by atoms with Crippen LogP contribution in [0.4, 0.5) is 5.69 Å². The number of azide groups is 1. The van der Waals surface area contributed by atoms with Crippen LogP contribution in [0.15, 0.2) is 46.0 Å². The van der Waals surface area contributed by atoms with Crippen LogP contribution in [0.1, 0.15) is 0 Å². The monoisotopic (exact) mass is 286 g/mol. The van der Waals surface area contributed by atoms with Crippen LogP contribution in [0.2, 0.25) is 0 Å². The standard InChI is InChI=1S/C12H7BrN4/c13-7-4-5-10-9(6-7)8-2-1-3-11(16-17-14)12(8)15-10/h1-6,15H. The summed E-state index contributed by atoms with van der Waals surface area (Å²) in [5.41, 5.74) is 11.1. The van der Waals surface area contributed by atoms with E-state index in [2.05, 4.69) is 30.9 Å². The third-order valence-electron chi connectivity index (χ3n) is 2.73. The van der Waals surface area contributed by atoms with Crippen molar-refractivity contribution >= 4 is 43.4 Å². The molecule has 0 aliphatic rings. The van der Waals surface area contributed by atoms with E-state index in [0.29, 0.717) is 5.69 Å². The highest BCUT2D eigenvalue weighted by atomic mass is 79.9. The Labute approximate surface area is 105 Å². The third-order valence-corrected chi connectivity index (χ3v) is 3.22. The van der Waals surface area contributed by atoms with Gasteiger partial charge in [-0.05, 0) is 23.7 Å². The Morgan fingerprint density at radius 1 is 1.18 bits per heavy atom. The van der Waals surface area contributed by atoms with Crippen LogP contribution in [-0.4, -0.2) is 4.98 Å². The Hall–Kier alpha value is -1.97. The van der Waals surface area contributed by atoms with Crippen molar-refractivity contribution in [3.8, 4) is 0 Å². The van der Waals surface area contributed by atoms with Crippen LogP contribution in [0.3, 0.4) is 0 Å². The quantitative estimate of drug-likeness (QED) is 0.371. The van der Waals surface area contributed by atoms with E-state index in [4.69, 9.17) is 5.53 Å². The molecule has 0 saturated heterocycles. The zero-order valence-corrected chi connectivity index (χ0v) is 10.3. The molecule has 3 rings (SSSR count). The molecule has 0 bridgehead atoms. The number of hydrogen-bond acceptors (Lipinski definition) is 1. The molecule has 3 aromatic rings. The first-order valence-corrected chi connectivity index (χ1v) is 5.84. The van der Waals surface area contributed by atoms with Crippen molar-refractivity contribution in [2.45, 2.75) is 0 Å². The lowest BCUT2D eigenvalue weighted by Gasteiger charge is -1.94. The number of hydrogen-bond donors (Lipinski definition) is 1. The van der Waals surface area contributed by atoms with Gasteiger partial charge in [-0.15, -0.1) is 0 Å². The Morgan fingerprint density at radius 2 is 2.06 bits per heavy atom. The van der Waals surface area contributed by atoms with Gasteiger partial charge in [-0.3, -0.25) is 0 Å². The van der Waals surface area contributed by atoms with Gasteiger partial charge in [0.2, 0.25) is 0 Å². The topological polar surface area (TPSA) is 64.6 Å². The predicted molar refractivity (Wildman–Crippen MR) is 72.3 cm³/mol. The molecule has 4 nitrogen and oxygen atoms in total. The van der Waals surface area contributed by atoms with Crippen LogP contribution in [0, 0.1) is 0 Å². The molecule has 0 fully saturated rings. The van der Waals surface area contributed by atoms with Crippen molar-refractivity contribution in [1.29, 1.82) is 0 Å². The largest absolute Gasteiger partial charge is 0.354 e. The number of rotatable bonds is 1. The molecule has 0 unspecified atom stereocenters. The summed E-state index contributed by atoms with van der Waals surface area (Å²) in [6, 6.07) is 11.7. The van der Waals surface area contributed by atoms with Crippen molar-refractivity contribution in [3.63, 3.8) is 0 Å². The summed E-state index contributed by atoms with van der Waals surface area (Å²) < 4.78 is 1.03. The van der Waals surface area contributed by atoms with E-state index in [-0.39, 0.29) is 0 Å². The Kier molecular flexibility index (Phi) is 2.28. The minimum Gasteiger partial charge on any atom is -0.354 e. The lowest BCUT2D eigenvalue weighted by molar-refractivity contribution is 1.46. The number of para-hydroxylation sites is 1. The maximum absolute atomic E-state index is 8.54. The van der Waals surface area contributed by atoms with E-state index in [9.17, 15) is 0 Å². The number of aromatic nitrogens is 1. The molecule has 0 saturated carbocycles. The van der Waals surface area contributed by atoms with Gasteiger partial charge in [0.25, 0.3) is 0 Å². The van der Waals surface area contributed by atoms with Crippen molar-refractivity contribution in [1.82, 2.24) is 4.98 Å². The summed E-state index contributed by atoms with van der Waals surface area (Å²) in [6.45, 7) is 0. The molecule has 0 atom stereocenters. The highest BCUT2D eigenvalue weighted by Crippen LogP contribution is 2.33. The zero-order valence-electron chi connectivity index (χ0n) is 8.68. The lowest BCUT2D eigenvalue weighted by Crippen LogP contribution is -1.68. The van der Waals surface area contributed by atoms with E-state index >= 15 is 0 Å². The van der Waals surface area contributed by atoms with E-state index in [0.717, 1.165) is 26.3 Å². The molecule has 0 spiro atoms. The van der Waals surface area contributed by atoms with Crippen molar-refractivity contribution in [2.24, 2.45) is 5.11 Å². The fourth-order valence-corrected chi connectivity index (χ4v) is 2.37. The Balaban J connectivity index is 2.51. The van der Waals surface area contributed by atoms with E-state index in [1.54, 1.807) is 6.07 Å². The van der Waals surface area contributed by atoms with Gasteiger partial charge in [0, 0.05) is 25.7 Å². The number of nitrogens with zero attached hydrogens (tertiary/aromatic N) is 3. The fourth-order valence-electron chi connectivity index (χ4n) is 2.01. The molecule has 17 heavy (non-hydrogen) atoms. The number of aromatic amines is 1. The summed E-state index contributed by atoms with van der Waals surface area (Å²) >= 11 is 3.46. The van der Waals surface area contributed by atoms with Crippen LogP contribution in [0.5, 0.6) is 0 Å². The van der Waals surface area contributed by atoms with Gasteiger partial charge < -0.3 is 4.98 Å². The van der Waals surface area contributed by atoms with E-state index < -0.39 is 0 Å². The molecule has 1 N–H and O–H groups in total. The average Bonchev–Trinajstić information content (AvgIpc) is 2.69. The first-order valence-electron chi connectivity index (χ1n) is 5.04. The number of nitrogens with one attached hydrogen (secondary N) is 1. The molecule has 1 aromatic heterocycles. The van der Waals surface area contributed by atoms with Crippen LogP contribution in [-0.2, 0) is 0 Å². The van der Waals surface area contributed by atoms with E-state index in [1.807, 2.05) is 30.3 Å². The van der Waals surface area contributed by atoms with Crippen molar-refractivity contribution < 1.29 is 0 Å². The summed E-state index contributed by atoms with van der Waals surface area (Å²) in [7, 11) is 0. The van der Waals surface area contributed by atoms with Crippen LogP contribution >= 0.6 is 15.9 Å². The fraction of sp³-hybridized carbons (Fsp3) is 0. The maximum Gasteiger partial charge on any atom is 0.0616 e. The molecular weight excluding hydrogens is 280 g/mol. The minimum atomic E-state index is 0.623. The second-order valence-corrected chi connectivity index (χ2v) is 4.62. The van der Waals surface area contributed by atoms with Gasteiger partial charge in [-0.25, -0.2) is 0 Å².